The minimum Gasteiger partial charge on any atom is -0.353 e. The zero-order valence-electron chi connectivity index (χ0n) is 19.8. The number of carbonyl (C=O) groups excluding carboxylic acids is 2. The van der Waals surface area contributed by atoms with E-state index in [-0.39, 0.29) is 6.54 Å². The van der Waals surface area contributed by atoms with Crippen LogP contribution >= 0.6 is 0 Å². The summed E-state index contributed by atoms with van der Waals surface area (Å²) in [6.45, 7) is -1.71. The highest BCUT2D eigenvalue weighted by Gasteiger charge is 2.49. The quantitative estimate of drug-likeness (QED) is 0.275. The lowest BCUT2D eigenvalue weighted by Gasteiger charge is -2.22. The Bertz CT molecular complexity index is 752. The second-order valence-corrected chi connectivity index (χ2v) is 8.68. The van der Waals surface area contributed by atoms with Gasteiger partial charge in [0, 0.05) is 45.9 Å². The molecule has 2 N–H and O–H groups in total. The van der Waals surface area contributed by atoms with E-state index in [1.165, 1.54) is 7.11 Å². The number of carbonyl (C=O) groups is 2. The van der Waals surface area contributed by atoms with E-state index in [0.29, 0.717) is 6.92 Å². The Labute approximate surface area is 205 Å². The molecule has 0 bridgehead atoms. The Kier molecular flexibility index (Phi) is 11.9. The first kappa shape index (κ1) is 33.1. The highest BCUT2D eigenvalue weighted by Crippen LogP contribution is 2.37. The van der Waals surface area contributed by atoms with Crippen LogP contribution < -0.4 is 10.6 Å². The molecule has 17 heteroatoms. The average molecular weight is 566 g/mol. The molecule has 7 nitrogen and oxygen atoms in total. The fraction of sp³-hybridized carbons (Fsp3) is 0.900. The van der Waals surface area contributed by atoms with E-state index in [2.05, 4.69) is 10.6 Å². The van der Waals surface area contributed by atoms with Crippen molar-refractivity contribution < 1.29 is 67.7 Å². The fourth-order valence-electron chi connectivity index (χ4n) is 3.21. The number of hydrogen-bond donors (Lipinski definition) is 2. The molecule has 37 heavy (non-hydrogen) atoms. The first-order valence-electron chi connectivity index (χ1n) is 10.9. The minimum atomic E-state index is -4.93. The molecule has 0 spiro atoms. The minimum absolute atomic E-state index is 0.320. The van der Waals surface area contributed by atoms with Crippen molar-refractivity contribution in [2.45, 2.75) is 94.2 Å². The van der Waals surface area contributed by atoms with E-state index >= 15 is 0 Å². The van der Waals surface area contributed by atoms with Gasteiger partial charge in [0.2, 0.25) is 11.8 Å². The van der Waals surface area contributed by atoms with Gasteiger partial charge in [0.15, 0.2) is 0 Å². The maximum absolute atomic E-state index is 13.6. The highest BCUT2D eigenvalue weighted by molar-refractivity contribution is 5.76. The maximum Gasteiger partial charge on any atom is 0.313 e. The normalized spacial score (nSPS) is 21.4. The van der Waals surface area contributed by atoms with Gasteiger partial charge in [-0.3, -0.25) is 9.59 Å². The Morgan fingerprint density at radius 1 is 0.811 bits per heavy atom. The number of methoxy groups -OCH3 is 1. The van der Waals surface area contributed by atoms with Crippen molar-refractivity contribution in [2.24, 2.45) is 0 Å². The molecule has 218 valence electrons. The predicted molar refractivity (Wildman–Crippen MR) is 106 cm³/mol. The molecule has 3 atom stereocenters. The van der Waals surface area contributed by atoms with Crippen LogP contribution in [0.5, 0.6) is 0 Å². The van der Waals surface area contributed by atoms with Crippen molar-refractivity contribution in [1.82, 2.24) is 10.6 Å². The Morgan fingerprint density at radius 3 is 1.57 bits per heavy atom. The van der Waals surface area contributed by atoms with Gasteiger partial charge < -0.3 is 24.8 Å². The fourth-order valence-corrected chi connectivity index (χ4v) is 3.21. The lowest BCUT2D eigenvalue weighted by Crippen LogP contribution is -2.43. The number of hydrogen-bond acceptors (Lipinski definition) is 5. The number of rotatable bonds is 16. The predicted octanol–water partition coefficient (Wildman–Crippen LogP) is 4.10. The molecule has 1 saturated heterocycles. The molecule has 0 radical (unpaired) electrons. The Hall–Kier alpha value is -1.88. The molecular weight excluding hydrogens is 538 g/mol. The molecule has 1 rings (SSSR count). The first-order chi connectivity index (χ1) is 16.8. The van der Waals surface area contributed by atoms with Crippen molar-refractivity contribution >= 4 is 11.8 Å². The van der Waals surface area contributed by atoms with Crippen molar-refractivity contribution in [3.63, 3.8) is 0 Å². The molecule has 0 aromatic heterocycles. The van der Waals surface area contributed by atoms with E-state index in [0.717, 1.165) is 0 Å². The monoisotopic (exact) mass is 566 g/mol. The molecule has 3 unspecified atom stereocenters. The van der Waals surface area contributed by atoms with Crippen LogP contribution in [0.25, 0.3) is 0 Å². The molecule has 1 fully saturated rings. The summed E-state index contributed by atoms with van der Waals surface area (Å²) < 4.78 is 145. The van der Waals surface area contributed by atoms with E-state index in [4.69, 9.17) is 14.2 Å². The average Bonchev–Trinajstić information content (AvgIpc) is 3.13. The summed E-state index contributed by atoms with van der Waals surface area (Å²) in [4.78, 5) is 23.7. The lowest BCUT2D eigenvalue weighted by molar-refractivity contribution is -0.227. The maximum atomic E-state index is 13.6. The second kappa shape index (κ2) is 13.3. The van der Waals surface area contributed by atoms with Crippen LogP contribution in [0.4, 0.5) is 43.9 Å². The molecule has 0 saturated carbocycles. The summed E-state index contributed by atoms with van der Waals surface area (Å²) in [5.74, 6) is -18.6. The second-order valence-electron chi connectivity index (χ2n) is 8.68. The molecule has 0 aromatic rings. The lowest BCUT2D eigenvalue weighted by atomic mass is 10.0. The topological polar surface area (TPSA) is 85.9 Å². The zero-order valence-corrected chi connectivity index (χ0v) is 19.8. The third-order valence-electron chi connectivity index (χ3n) is 5.00. The van der Waals surface area contributed by atoms with Gasteiger partial charge in [-0.15, -0.1) is 0 Å². The first-order valence-corrected chi connectivity index (χ1v) is 10.9. The Balaban J connectivity index is 2.52. The van der Waals surface area contributed by atoms with Crippen molar-refractivity contribution in [3.05, 3.63) is 0 Å². The molecule has 0 aromatic carbocycles. The van der Waals surface area contributed by atoms with Gasteiger partial charge in [-0.25, -0.2) is 43.9 Å². The van der Waals surface area contributed by atoms with Gasteiger partial charge in [-0.2, -0.15) is 0 Å². The summed E-state index contributed by atoms with van der Waals surface area (Å²) in [6, 6.07) is 0. The summed E-state index contributed by atoms with van der Waals surface area (Å²) in [5, 5.41) is 4.39. The van der Waals surface area contributed by atoms with Crippen molar-refractivity contribution in [1.29, 1.82) is 0 Å². The van der Waals surface area contributed by atoms with Gasteiger partial charge in [0.25, 0.3) is 24.2 Å². The summed E-state index contributed by atoms with van der Waals surface area (Å²) in [6.07, 6.45) is -14.9. The van der Waals surface area contributed by atoms with Crippen LogP contribution in [0, 0.1) is 0 Å². The van der Waals surface area contributed by atoms with Gasteiger partial charge in [-0.1, -0.05) is 0 Å². The SMILES string of the molecule is COC1OC(CNC(=O)CCC(F)(F)CC(C)(F)F)C(CNC(=O)CCC(F)(F)CC(F)(F)C(F)F)O1. The van der Waals surface area contributed by atoms with Gasteiger partial charge in [-0.05, 0) is 6.92 Å². The number of ether oxygens (including phenoxy) is 3. The van der Waals surface area contributed by atoms with Gasteiger partial charge in [0.1, 0.15) is 12.2 Å². The van der Waals surface area contributed by atoms with Crippen molar-refractivity contribution in [3.8, 4) is 0 Å². The van der Waals surface area contributed by atoms with Gasteiger partial charge in [0.05, 0.1) is 12.8 Å². The van der Waals surface area contributed by atoms with Crippen LogP contribution in [-0.2, 0) is 23.8 Å². The summed E-state index contributed by atoms with van der Waals surface area (Å²) in [7, 11) is 1.17. The van der Waals surface area contributed by atoms with Crippen molar-refractivity contribution in [2.75, 3.05) is 20.2 Å². The van der Waals surface area contributed by atoms with Crippen LogP contribution in [0.2, 0.25) is 0 Å². The van der Waals surface area contributed by atoms with Crippen LogP contribution in [0.1, 0.15) is 45.4 Å². The standard InChI is InChI=1S/C20H28F10N2O5/c1-17(23,24)9-18(25,26)5-3-13(33)31-7-11-12(37-16(35-2)36-11)8-32-14(34)4-6-19(27,28)10-20(29,30)15(21)22/h11-12,15-16H,3-10H2,1-2H3,(H,31,33)(H,32,34). The molecule has 1 heterocycles. The molecule has 1 aliphatic rings. The Morgan fingerprint density at radius 2 is 1.22 bits per heavy atom. The van der Waals surface area contributed by atoms with E-state index in [1.54, 1.807) is 0 Å². The smallest absolute Gasteiger partial charge is 0.313 e. The van der Waals surface area contributed by atoms with Crippen LogP contribution in [0.15, 0.2) is 0 Å². The van der Waals surface area contributed by atoms with E-state index in [9.17, 15) is 53.5 Å². The third kappa shape index (κ3) is 13.0. The summed E-state index contributed by atoms with van der Waals surface area (Å²) in [5.41, 5.74) is 0. The van der Waals surface area contributed by atoms with Crippen LogP contribution in [-0.4, -0.2) is 80.8 Å². The summed E-state index contributed by atoms with van der Waals surface area (Å²) >= 11 is 0. The molecule has 2 amide bonds. The number of amides is 2. The molecular formula is C20H28F10N2O5. The van der Waals surface area contributed by atoms with E-state index in [1.807, 2.05) is 0 Å². The number of nitrogens with one attached hydrogen (secondary N) is 2. The number of alkyl halides is 10. The zero-order chi connectivity index (χ0) is 28.7. The number of halogens is 10. The largest absolute Gasteiger partial charge is 0.353 e. The van der Waals surface area contributed by atoms with Crippen LogP contribution in [0.3, 0.4) is 0 Å². The molecule has 0 aliphatic carbocycles. The molecule has 1 aliphatic heterocycles. The highest BCUT2D eigenvalue weighted by atomic mass is 19.3. The van der Waals surface area contributed by atoms with Gasteiger partial charge >= 0.3 is 12.3 Å². The van der Waals surface area contributed by atoms with E-state index < -0.39 is 106 Å². The third-order valence-corrected chi connectivity index (χ3v) is 5.00.